The normalized spacial score (nSPS) is 11.5. The highest BCUT2D eigenvalue weighted by molar-refractivity contribution is 7.89. The quantitative estimate of drug-likeness (QED) is 0.267. The summed E-state index contributed by atoms with van der Waals surface area (Å²) in [5.41, 5.74) is 0.455. The van der Waals surface area contributed by atoms with Gasteiger partial charge in [-0.05, 0) is 30.3 Å². The molecule has 0 spiro atoms. The van der Waals surface area contributed by atoms with Gasteiger partial charge in [-0.15, -0.1) is 10.2 Å². The molecule has 0 atom stereocenters. The molecule has 0 N–H and O–H groups in total. The van der Waals surface area contributed by atoms with E-state index in [9.17, 15) is 23.3 Å². The summed E-state index contributed by atoms with van der Waals surface area (Å²) in [4.78, 5) is 22.6. The van der Waals surface area contributed by atoms with Crippen molar-refractivity contribution in [2.24, 2.45) is 0 Å². The SMILES string of the molecule is CCN(CC)S(=O)(=O)c1cccc(C(=O)OCc2nnc(-c3ccc([N+](=O)[O-])cc3)o2)c1. The smallest absolute Gasteiger partial charge is 0.338 e. The Balaban J connectivity index is 1.68. The molecule has 0 saturated carbocycles. The van der Waals surface area contributed by atoms with Gasteiger partial charge in [0.05, 0.1) is 15.4 Å². The minimum Gasteiger partial charge on any atom is -0.452 e. The molecule has 3 rings (SSSR count). The second-order valence-electron chi connectivity index (χ2n) is 6.50. The van der Waals surface area contributed by atoms with Crippen LogP contribution in [0.25, 0.3) is 11.5 Å². The molecule has 0 aliphatic rings. The van der Waals surface area contributed by atoms with Crippen molar-refractivity contribution in [3.8, 4) is 11.5 Å². The Hall–Kier alpha value is -3.64. The van der Waals surface area contributed by atoms with Gasteiger partial charge < -0.3 is 9.15 Å². The maximum absolute atomic E-state index is 12.6. The summed E-state index contributed by atoms with van der Waals surface area (Å²) in [7, 11) is -3.72. The fraction of sp³-hybridized carbons (Fsp3) is 0.250. The molecule has 0 fully saturated rings. The average Bonchev–Trinajstić information content (AvgIpc) is 3.27. The number of nitro benzene ring substituents is 1. The van der Waals surface area contributed by atoms with Crippen molar-refractivity contribution >= 4 is 21.7 Å². The van der Waals surface area contributed by atoms with E-state index in [1.807, 2.05) is 0 Å². The van der Waals surface area contributed by atoms with Crippen LogP contribution in [0.3, 0.4) is 0 Å². The van der Waals surface area contributed by atoms with Gasteiger partial charge in [-0.1, -0.05) is 19.9 Å². The lowest BCUT2D eigenvalue weighted by Gasteiger charge is -2.18. The number of nitro groups is 1. The molecule has 32 heavy (non-hydrogen) atoms. The molecular weight excluding hydrogens is 440 g/mol. The molecule has 0 bridgehead atoms. The Kier molecular flexibility index (Phi) is 6.95. The molecule has 0 aliphatic heterocycles. The summed E-state index contributed by atoms with van der Waals surface area (Å²) in [6.07, 6.45) is 0. The van der Waals surface area contributed by atoms with Crippen molar-refractivity contribution < 1.29 is 27.3 Å². The van der Waals surface area contributed by atoms with E-state index in [1.54, 1.807) is 13.8 Å². The fourth-order valence-electron chi connectivity index (χ4n) is 2.86. The van der Waals surface area contributed by atoms with Crippen LogP contribution in [0.1, 0.15) is 30.1 Å². The van der Waals surface area contributed by atoms with Crippen molar-refractivity contribution in [1.29, 1.82) is 0 Å². The molecule has 2 aromatic carbocycles. The van der Waals surface area contributed by atoms with E-state index in [-0.39, 0.29) is 34.5 Å². The minimum atomic E-state index is -3.72. The molecule has 168 valence electrons. The van der Waals surface area contributed by atoms with Crippen LogP contribution in [0.5, 0.6) is 0 Å². The van der Waals surface area contributed by atoms with Crippen LogP contribution >= 0.6 is 0 Å². The number of ether oxygens (including phenoxy) is 1. The average molecular weight is 460 g/mol. The lowest BCUT2D eigenvalue weighted by Crippen LogP contribution is -2.30. The van der Waals surface area contributed by atoms with E-state index in [2.05, 4.69) is 10.2 Å². The Bertz CT molecular complexity index is 1220. The van der Waals surface area contributed by atoms with Crippen molar-refractivity contribution in [3.63, 3.8) is 0 Å². The van der Waals surface area contributed by atoms with Crippen molar-refractivity contribution in [1.82, 2.24) is 14.5 Å². The topological polar surface area (TPSA) is 146 Å². The molecule has 11 nitrogen and oxygen atoms in total. The zero-order valence-corrected chi connectivity index (χ0v) is 18.1. The van der Waals surface area contributed by atoms with Crippen LogP contribution in [0.2, 0.25) is 0 Å². The van der Waals surface area contributed by atoms with E-state index < -0.39 is 20.9 Å². The number of sulfonamides is 1. The Morgan fingerprint density at radius 3 is 2.44 bits per heavy atom. The Morgan fingerprint density at radius 2 is 1.81 bits per heavy atom. The molecule has 12 heteroatoms. The standard InChI is InChI=1S/C20H20N4O7S/c1-3-23(4-2)32(28,29)17-7-5-6-15(12-17)20(25)30-13-18-21-22-19(31-18)14-8-10-16(11-9-14)24(26)27/h5-12H,3-4,13H2,1-2H3. The fourth-order valence-corrected chi connectivity index (χ4v) is 4.37. The van der Waals surface area contributed by atoms with Crippen LogP contribution in [0.15, 0.2) is 57.8 Å². The first-order valence-corrected chi connectivity index (χ1v) is 11.0. The lowest BCUT2D eigenvalue weighted by atomic mass is 10.2. The van der Waals surface area contributed by atoms with E-state index in [0.717, 1.165) is 0 Å². The molecule has 0 unspecified atom stereocenters. The number of non-ortho nitro benzene ring substituents is 1. The predicted molar refractivity (Wildman–Crippen MR) is 112 cm³/mol. The third-order valence-corrected chi connectivity index (χ3v) is 6.58. The van der Waals surface area contributed by atoms with Crippen LogP contribution in [0.4, 0.5) is 5.69 Å². The first-order chi connectivity index (χ1) is 15.3. The van der Waals surface area contributed by atoms with Crippen LogP contribution in [0, 0.1) is 10.1 Å². The third kappa shape index (κ3) is 4.98. The number of hydrogen-bond acceptors (Lipinski definition) is 9. The second-order valence-corrected chi connectivity index (χ2v) is 8.44. The molecule has 0 saturated heterocycles. The molecule has 0 aliphatic carbocycles. The summed E-state index contributed by atoms with van der Waals surface area (Å²) in [6.45, 7) is 3.75. The van der Waals surface area contributed by atoms with Gasteiger partial charge in [0.15, 0.2) is 6.61 Å². The number of nitrogens with zero attached hydrogens (tertiary/aromatic N) is 4. The number of hydrogen-bond donors (Lipinski definition) is 0. The maximum atomic E-state index is 12.6. The summed E-state index contributed by atoms with van der Waals surface area (Å²) in [5.74, 6) is -0.631. The lowest BCUT2D eigenvalue weighted by molar-refractivity contribution is -0.384. The van der Waals surface area contributed by atoms with Gasteiger partial charge >= 0.3 is 5.97 Å². The highest BCUT2D eigenvalue weighted by Gasteiger charge is 2.23. The van der Waals surface area contributed by atoms with Gasteiger partial charge in [-0.25, -0.2) is 13.2 Å². The molecule has 1 aromatic heterocycles. The van der Waals surface area contributed by atoms with Gasteiger partial charge in [0, 0.05) is 30.8 Å². The van der Waals surface area contributed by atoms with E-state index >= 15 is 0 Å². The number of carbonyl (C=O) groups excluding carboxylic acids is 1. The zero-order valence-electron chi connectivity index (χ0n) is 17.3. The first-order valence-electron chi connectivity index (χ1n) is 9.60. The molecule has 0 amide bonds. The number of rotatable bonds is 9. The Morgan fingerprint density at radius 1 is 1.12 bits per heavy atom. The summed E-state index contributed by atoms with van der Waals surface area (Å²) < 4.78 is 37.2. The van der Waals surface area contributed by atoms with Gasteiger partial charge in [-0.2, -0.15) is 4.31 Å². The van der Waals surface area contributed by atoms with Crippen LogP contribution in [-0.4, -0.2) is 46.9 Å². The van der Waals surface area contributed by atoms with E-state index in [1.165, 1.54) is 52.8 Å². The van der Waals surface area contributed by atoms with Gasteiger partial charge in [0.2, 0.25) is 15.9 Å². The molecule has 0 radical (unpaired) electrons. The molecular formula is C20H20N4O7S. The predicted octanol–water partition coefficient (Wildman–Crippen LogP) is 3.03. The van der Waals surface area contributed by atoms with Crippen molar-refractivity contribution in [2.75, 3.05) is 13.1 Å². The number of esters is 1. The minimum absolute atomic E-state index is 0.00565. The highest BCUT2D eigenvalue weighted by Crippen LogP contribution is 2.22. The van der Waals surface area contributed by atoms with Gasteiger partial charge in [-0.3, -0.25) is 10.1 Å². The van der Waals surface area contributed by atoms with Gasteiger partial charge in [0.1, 0.15) is 0 Å². The summed E-state index contributed by atoms with van der Waals surface area (Å²) >= 11 is 0. The summed E-state index contributed by atoms with van der Waals surface area (Å²) in [5, 5.41) is 18.3. The largest absolute Gasteiger partial charge is 0.452 e. The van der Waals surface area contributed by atoms with Gasteiger partial charge in [0.25, 0.3) is 11.6 Å². The van der Waals surface area contributed by atoms with Crippen LogP contribution < -0.4 is 0 Å². The van der Waals surface area contributed by atoms with Crippen LogP contribution in [-0.2, 0) is 21.4 Å². The van der Waals surface area contributed by atoms with E-state index in [0.29, 0.717) is 18.7 Å². The number of aromatic nitrogens is 2. The molecule has 3 aromatic rings. The maximum Gasteiger partial charge on any atom is 0.338 e. The van der Waals surface area contributed by atoms with Crippen molar-refractivity contribution in [3.05, 3.63) is 70.1 Å². The first kappa shape index (κ1) is 23.0. The number of benzene rings is 2. The number of carbonyl (C=O) groups is 1. The zero-order chi connectivity index (χ0) is 23.3. The third-order valence-electron chi connectivity index (χ3n) is 4.53. The highest BCUT2D eigenvalue weighted by atomic mass is 32.2. The summed E-state index contributed by atoms with van der Waals surface area (Å²) in [6, 6.07) is 11.1. The Labute approximate surface area is 183 Å². The monoisotopic (exact) mass is 460 g/mol. The van der Waals surface area contributed by atoms with Crippen molar-refractivity contribution in [2.45, 2.75) is 25.3 Å². The second kappa shape index (κ2) is 9.66. The van der Waals surface area contributed by atoms with E-state index in [4.69, 9.17) is 9.15 Å². The molecule has 1 heterocycles.